The summed E-state index contributed by atoms with van der Waals surface area (Å²) in [6, 6.07) is 7.82. The van der Waals surface area contributed by atoms with Crippen molar-refractivity contribution in [3.05, 3.63) is 51.4 Å². The van der Waals surface area contributed by atoms with Crippen LogP contribution in [0.3, 0.4) is 0 Å². The number of hydrogen-bond acceptors (Lipinski definition) is 4. The van der Waals surface area contributed by atoms with Crippen LogP contribution in [0.4, 0.5) is 0 Å². The summed E-state index contributed by atoms with van der Waals surface area (Å²) < 4.78 is 7.40. The van der Waals surface area contributed by atoms with Crippen LogP contribution < -0.4 is 10.3 Å². The van der Waals surface area contributed by atoms with Crippen molar-refractivity contribution in [2.75, 3.05) is 27.2 Å². The number of pyridine rings is 1. The molecule has 0 saturated carbocycles. The van der Waals surface area contributed by atoms with Crippen molar-refractivity contribution in [1.29, 1.82) is 0 Å². The number of fused-ring (bicyclic) bond motifs is 2. The number of nitrogens with zero attached hydrogens (tertiary/aromatic N) is 3. The van der Waals surface area contributed by atoms with Gasteiger partial charge in [-0.25, -0.2) is 0 Å². The predicted molar refractivity (Wildman–Crippen MR) is 108 cm³/mol. The van der Waals surface area contributed by atoms with Crippen LogP contribution in [0.25, 0.3) is 11.1 Å². The van der Waals surface area contributed by atoms with Gasteiger partial charge in [0.25, 0.3) is 5.56 Å². The molecule has 1 aromatic carbocycles. The summed E-state index contributed by atoms with van der Waals surface area (Å²) in [5.41, 5.74) is 5.31. The first-order valence-electron chi connectivity index (χ1n) is 9.67. The zero-order chi connectivity index (χ0) is 19.3. The molecule has 0 amide bonds. The summed E-state index contributed by atoms with van der Waals surface area (Å²) in [6.45, 7) is 7.16. The number of ether oxygens (including phenoxy) is 1. The first-order chi connectivity index (χ1) is 12.9. The van der Waals surface area contributed by atoms with Crippen molar-refractivity contribution in [3.8, 4) is 16.9 Å². The lowest BCUT2D eigenvalue weighted by Crippen LogP contribution is -2.43. The van der Waals surface area contributed by atoms with E-state index in [1.165, 1.54) is 18.5 Å². The molecule has 2 saturated heterocycles. The lowest BCUT2D eigenvalue weighted by Gasteiger charge is -2.32. The molecule has 0 spiro atoms. The maximum Gasteiger partial charge on any atom is 0.253 e. The standard InChI is InChI=1S/C22H29N3O2/c1-14-15(2)22(26)24(4)13-20(14)16-6-7-17(21(8-16)27-5)10-25-12-18-9-19(25)11-23(18)3/h6-8,13,18-19H,9-12H2,1-5H3/t18-,19-/m1/s1. The van der Waals surface area contributed by atoms with Gasteiger partial charge >= 0.3 is 0 Å². The van der Waals surface area contributed by atoms with Crippen molar-refractivity contribution in [2.24, 2.45) is 7.05 Å². The summed E-state index contributed by atoms with van der Waals surface area (Å²) >= 11 is 0. The van der Waals surface area contributed by atoms with Crippen LogP contribution in [0, 0.1) is 13.8 Å². The number of aromatic nitrogens is 1. The van der Waals surface area contributed by atoms with Gasteiger partial charge in [0, 0.05) is 61.7 Å². The molecule has 1 aromatic heterocycles. The van der Waals surface area contributed by atoms with Gasteiger partial charge in [-0.3, -0.25) is 9.69 Å². The Morgan fingerprint density at radius 2 is 1.89 bits per heavy atom. The lowest BCUT2D eigenvalue weighted by atomic mass is 9.98. The van der Waals surface area contributed by atoms with E-state index in [1.807, 2.05) is 27.1 Å². The molecule has 2 fully saturated rings. The largest absolute Gasteiger partial charge is 0.496 e. The van der Waals surface area contributed by atoms with E-state index in [1.54, 1.807) is 11.7 Å². The highest BCUT2D eigenvalue weighted by Crippen LogP contribution is 2.34. The Balaban J connectivity index is 1.64. The zero-order valence-corrected chi connectivity index (χ0v) is 17.0. The van der Waals surface area contributed by atoms with Crippen LogP contribution in [0.2, 0.25) is 0 Å². The third kappa shape index (κ3) is 3.09. The Bertz CT molecular complexity index is 932. The maximum absolute atomic E-state index is 12.2. The summed E-state index contributed by atoms with van der Waals surface area (Å²) in [4.78, 5) is 17.2. The fourth-order valence-corrected chi connectivity index (χ4v) is 4.67. The molecule has 0 aliphatic carbocycles. The first kappa shape index (κ1) is 18.3. The van der Waals surface area contributed by atoms with E-state index in [4.69, 9.17) is 4.74 Å². The van der Waals surface area contributed by atoms with E-state index in [0.717, 1.165) is 41.1 Å². The monoisotopic (exact) mass is 367 g/mol. The van der Waals surface area contributed by atoms with Gasteiger partial charge in [0.2, 0.25) is 0 Å². The number of aryl methyl sites for hydroxylation is 1. The molecule has 2 aliphatic rings. The van der Waals surface area contributed by atoms with Crippen LogP contribution in [0.15, 0.2) is 29.2 Å². The van der Waals surface area contributed by atoms with E-state index in [-0.39, 0.29) is 5.56 Å². The van der Waals surface area contributed by atoms with Gasteiger partial charge < -0.3 is 14.2 Å². The van der Waals surface area contributed by atoms with Crippen LogP contribution in [0.5, 0.6) is 5.75 Å². The second-order valence-corrected chi connectivity index (χ2v) is 8.15. The molecule has 2 aromatic rings. The van der Waals surface area contributed by atoms with Crippen molar-refractivity contribution in [1.82, 2.24) is 14.4 Å². The third-order valence-corrected chi connectivity index (χ3v) is 6.53. The minimum absolute atomic E-state index is 0.0638. The quantitative estimate of drug-likeness (QED) is 0.832. The molecule has 27 heavy (non-hydrogen) atoms. The zero-order valence-electron chi connectivity index (χ0n) is 17.0. The highest BCUT2D eigenvalue weighted by atomic mass is 16.5. The smallest absolute Gasteiger partial charge is 0.253 e. The second-order valence-electron chi connectivity index (χ2n) is 8.15. The molecule has 144 valence electrons. The SMILES string of the molecule is COc1cc(-c2cn(C)c(=O)c(C)c2C)ccc1CN1C[C@H]2C[C@@H]1CN2C. The Hall–Kier alpha value is -2.11. The van der Waals surface area contributed by atoms with Crippen molar-refractivity contribution >= 4 is 0 Å². The average Bonchev–Trinajstić information content (AvgIpc) is 3.22. The summed E-state index contributed by atoms with van der Waals surface area (Å²) in [6.07, 6.45) is 3.21. The van der Waals surface area contributed by atoms with Gasteiger partial charge in [0.1, 0.15) is 5.75 Å². The number of methoxy groups -OCH3 is 1. The highest BCUT2D eigenvalue weighted by Gasteiger charge is 2.41. The molecule has 5 heteroatoms. The van der Waals surface area contributed by atoms with E-state index in [2.05, 4.69) is 35.0 Å². The molecule has 2 atom stereocenters. The third-order valence-electron chi connectivity index (χ3n) is 6.53. The topological polar surface area (TPSA) is 37.7 Å². The van der Waals surface area contributed by atoms with Gasteiger partial charge in [-0.15, -0.1) is 0 Å². The van der Waals surface area contributed by atoms with Gasteiger partial charge in [0.05, 0.1) is 7.11 Å². The molecule has 2 aliphatic heterocycles. The number of benzene rings is 1. The van der Waals surface area contributed by atoms with E-state index in [9.17, 15) is 4.79 Å². The van der Waals surface area contributed by atoms with Gasteiger partial charge in [0.15, 0.2) is 0 Å². The molecule has 3 heterocycles. The molecular weight excluding hydrogens is 338 g/mol. The number of likely N-dealkylation sites (N-methyl/N-ethyl adjacent to an activating group) is 1. The van der Waals surface area contributed by atoms with Gasteiger partial charge in [-0.05, 0) is 44.5 Å². The summed E-state index contributed by atoms with van der Waals surface area (Å²) in [5.74, 6) is 0.925. The number of hydrogen-bond donors (Lipinski definition) is 0. The Morgan fingerprint density at radius 1 is 1.11 bits per heavy atom. The van der Waals surface area contributed by atoms with E-state index in [0.29, 0.717) is 12.1 Å². The van der Waals surface area contributed by atoms with E-state index >= 15 is 0 Å². The van der Waals surface area contributed by atoms with Crippen LogP contribution >= 0.6 is 0 Å². The summed E-state index contributed by atoms with van der Waals surface area (Å²) in [7, 11) is 5.78. The minimum Gasteiger partial charge on any atom is -0.496 e. The molecule has 0 N–H and O–H groups in total. The average molecular weight is 367 g/mol. The highest BCUT2D eigenvalue weighted by molar-refractivity contribution is 5.69. The predicted octanol–water partition coefficient (Wildman–Crippen LogP) is 2.57. The maximum atomic E-state index is 12.2. The molecule has 0 unspecified atom stereocenters. The fraction of sp³-hybridized carbons (Fsp3) is 0.500. The van der Waals surface area contributed by atoms with Crippen molar-refractivity contribution in [3.63, 3.8) is 0 Å². The normalized spacial score (nSPS) is 22.6. The second kappa shape index (κ2) is 6.80. The Morgan fingerprint density at radius 3 is 2.52 bits per heavy atom. The fourth-order valence-electron chi connectivity index (χ4n) is 4.67. The molecule has 2 bridgehead atoms. The molecular formula is C22H29N3O2. The van der Waals surface area contributed by atoms with Crippen LogP contribution in [0.1, 0.15) is 23.1 Å². The number of likely N-dealkylation sites (tertiary alicyclic amines) is 2. The Labute approximate surface area is 161 Å². The Kier molecular flexibility index (Phi) is 4.60. The lowest BCUT2D eigenvalue weighted by molar-refractivity contribution is 0.142. The van der Waals surface area contributed by atoms with Gasteiger partial charge in [-0.2, -0.15) is 0 Å². The number of piperazine rings is 1. The van der Waals surface area contributed by atoms with Crippen molar-refractivity contribution in [2.45, 2.75) is 38.9 Å². The van der Waals surface area contributed by atoms with Crippen LogP contribution in [-0.4, -0.2) is 53.7 Å². The molecule has 5 nitrogen and oxygen atoms in total. The number of rotatable bonds is 4. The van der Waals surface area contributed by atoms with E-state index < -0.39 is 0 Å². The first-order valence-corrected chi connectivity index (χ1v) is 9.67. The molecule has 4 rings (SSSR count). The summed E-state index contributed by atoms with van der Waals surface area (Å²) in [5, 5.41) is 0. The minimum atomic E-state index is 0.0638. The van der Waals surface area contributed by atoms with Gasteiger partial charge in [-0.1, -0.05) is 12.1 Å². The molecule has 0 radical (unpaired) electrons. The van der Waals surface area contributed by atoms with Crippen molar-refractivity contribution < 1.29 is 4.74 Å². The van der Waals surface area contributed by atoms with Crippen LogP contribution in [-0.2, 0) is 13.6 Å².